The lowest BCUT2D eigenvalue weighted by Crippen LogP contribution is -2.33. The van der Waals surface area contributed by atoms with Crippen molar-refractivity contribution in [2.24, 2.45) is 5.92 Å². The second-order valence-electron chi connectivity index (χ2n) is 5.58. The third kappa shape index (κ3) is 5.13. The molecule has 1 atom stereocenters. The summed E-state index contributed by atoms with van der Waals surface area (Å²) in [4.78, 5) is 14.1. The monoisotopic (exact) mass is 298 g/mol. The molecule has 1 fully saturated rings. The molecule has 0 radical (unpaired) electrons. The lowest BCUT2D eigenvalue weighted by atomic mass is 9.93. The summed E-state index contributed by atoms with van der Waals surface area (Å²) in [5, 5.41) is 7.63. The molecule has 0 aromatic carbocycles. The fourth-order valence-corrected chi connectivity index (χ4v) is 2.86. The number of carbonyl (C=O) groups excluding carboxylic acids is 1. The van der Waals surface area contributed by atoms with Gasteiger partial charge in [0.15, 0.2) is 0 Å². The van der Waals surface area contributed by atoms with Crippen molar-refractivity contribution >= 4 is 17.5 Å². The molecule has 1 aromatic heterocycles. The van der Waals surface area contributed by atoms with Crippen LogP contribution in [0.4, 0.5) is 0 Å². The number of amides is 1. The largest absolute Gasteiger partial charge is 0.354 e. The minimum absolute atomic E-state index is 0.136. The molecule has 20 heavy (non-hydrogen) atoms. The Bertz CT molecular complexity index is 435. The third-order valence-corrected chi connectivity index (χ3v) is 3.96. The Balaban J connectivity index is 1.58. The minimum Gasteiger partial charge on any atom is -0.354 e. The normalized spacial score (nSPS) is 20.0. The molecule has 0 saturated carbocycles. The average Bonchev–Trinajstić information content (AvgIpc) is 2.82. The van der Waals surface area contributed by atoms with E-state index in [9.17, 15) is 4.79 Å². The molecular weight excluding hydrogens is 276 g/mol. The van der Waals surface area contributed by atoms with Gasteiger partial charge in [0.2, 0.25) is 5.91 Å². The van der Waals surface area contributed by atoms with Crippen molar-refractivity contribution in [2.45, 2.75) is 32.2 Å². The fourth-order valence-electron chi connectivity index (χ4n) is 2.70. The van der Waals surface area contributed by atoms with Crippen LogP contribution in [0.15, 0.2) is 12.4 Å². The standard InChI is InChI=1S/C14H23ClN4O/c1-18-7-2-3-12(10-18)4-5-14(20)16-6-8-19-11-13(15)9-17-19/h9,11-12H,2-8,10H2,1H3,(H,16,20)/t12-/m0/s1. The first-order valence-electron chi connectivity index (χ1n) is 7.26. The van der Waals surface area contributed by atoms with Gasteiger partial charge in [-0.15, -0.1) is 0 Å². The van der Waals surface area contributed by atoms with Gasteiger partial charge in [-0.25, -0.2) is 0 Å². The molecule has 1 saturated heterocycles. The van der Waals surface area contributed by atoms with Gasteiger partial charge in [-0.1, -0.05) is 11.6 Å². The molecule has 1 aromatic rings. The van der Waals surface area contributed by atoms with Gasteiger partial charge in [0, 0.05) is 25.7 Å². The fraction of sp³-hybridized carbons (Fsp3) is 0.714. The van der Waals surface area contributed by atoms with Crippen molar-refractivity contribution in [3.05, 3.63) is 17.4 Å². The van der Waals surface area contributed by atoms with Crippen LogP contribution in [0, 0.1) is 5.92 Å². The summed E-state index contributed by atoms with van der Waals surface area (Å²) in [6.45, 7) is 3.57. The van der Waals surface area contributed by atoms with Crippen molar-refractivity contribution in [3.8, 4) is 0 Å². The topological polar surface area (TPSA) is 50.2 Å². The molecule has 1 aliphatic rings. The summed E-state index contributed by atoms with van der Waals surface area (Å²) in [6, 6.07) is 0. The summed E-state index contributed by atoms with van der Waals surface area (Å²) < 4.78 is 1.73. The van der Waals surface area contributed by atoms with Crippen molar-refractivity contribution < 1.29 is 4.79 Å². The van der Waals surface area contributed by atoms with E-state index in [1.165, 1.54) is 19.4 Å². The minimum atomic E-state index is 0.136. The van der Waals surface area contributed by atoms with Crippen LogP contribution in [0.25, 0.3) is 0 Å². The Hall–Kier alpha value is -1.07. The molecule has 1 amide bonds. The Morgan fingerprint density at radius 1 is 1.60 bits per heavy atom. The van der Waals surface area contributed by atoms with E-state index < -0.39 is 0 Å². The summed E-state index contributed by atoms with van der Waals surface area (Å²) in [6.07, 6.45) is 7.48. The van der Waals surface area contributed by atoms with Crippen molar-refractivity contribution in [1.82, 2.24) is 20.0 Å². The van der Waals surface area contributed by atoms with E-state index in [-0.39, 0.29) is 5.91 Å². The van der Waals surface area contributed by atoms with E-state index in [1.54, 1.807) is 17.1 Å². The molecule has 5 nitrogen and oxygen atoms in total. The van der Waals surface area contributed by atoms with Gasteiger partial charge in [-0.05, 0) is 38.8 Å². The Labute approximate surface area is 125 Å². The molecule has 112 valence electrons. The predicted octanol–water partition coefficient (Wildman–Crippen LogP) is 1.77. The number of hydrogen-bond acceptors (Lipinski definition) is 3. The zero-order valence-electron chi connectivity index (χ0n) is 12.0. The van der Waals surface area contributed by atoms with Gasteiger partial charge < -0.3 is 10.2 Å². The van der Waals surface area contributed by atoms with Crippen LogP contribution in [-0.2, 0) is 11.3 Å². The van der Waals surface area contributed by atoms with Crippen molar-refractivity contribution in [2.75, 3.05) is 26.7 Å². The number of nitrogens with one attached hydrogen (secondary N) is 1. The van der Waals surface area contributed by atoms with Crippen LogP contribution in [0.5, 0.6) is 0 Å². The van der Waals surface area contributed by atoms with Gasteiger partial charge in [-0.2, -0.15) is 5.10 Å². The number of nitrogens with zero attached hydrogens (tertiary/aromatic N) is 3. The molecule has 1 aliphatic heterocycles. The summed E-state index contributed by atoms with van der Waals surface area (Å²) in [5.74, 6) is 0.806. The summed E-state index contributed by atoms with van der Waals surface area (Å²) >= 11 is 5.77. The van der Waals surface area contributed by atoms with E-state index in [1.807, 2.05) is 0 Å². The maximum absolute atomic E-state index is 11.8. The quantitative estimate of drug-likeness (QED) is 0.871. The van der Waals surface area contributed by atoms with Crippen molar-refractivity contribution in [3.63, 3.8) is 0 Å². The molecule has 0 spiro atoms. The Morgan fingerprint density at radius 3 is 3.15 bits per heavy atom. The van der Waals surface area contributed by atoms with E-state index in [0.717, 1.165) is 13.0 Å². The van der Waals surface area contributed by atoms with E-state index in [2.05, 4.69) is 22.4 Å². The zero-order chi connectivity index (χ0) is 14.4. The summed E-state index contributed by atoms with van der Waals surface area (Å²) in [7, 11) is 2.15. The first-order valence-corrected chi connectivity index (χ1v) is 7.64. The van der Waals surface area contributed by atoms with Crippen molar-refractivity contribution in [1.29, 1.82) is 0 Å². The summed E-state index contributed by atoms with van der Waals surface area (Å²) in [5.41, 5.74) is 0. The van der Waals surface area contributed by atoms with Gasteiger partial charge in [0.25, 0.3) is 0 Å². The number of hydrogen-bond donors (Lipinski definition) is 1. The third-order valence-electron chi connectivity index (χ3n) is 3.77. The number of halogens is 1. The van der Waals surface area contributed by atoms with E-state index in [0.29, 0.717) is 30.5 Å². The molecular formula is C14H23ClN4O. The molecule has 2 rings (SSSR count). The Kier molecular flexibility index (Phi) is 5.86. The highest BCUT2D eigenvalue weighted by molar-refractivity contribution is 6.30. The maximum atomic E-state index is 11.8. The zero-order valence-corrected chi connectivity index (χ0v) is 12.8. The number of piperidine rings is 1. The Morgan fingerprint density at radius 2 is 2.45 bits per heavy atom. The first kappa shape index (κ1) is 15.3. The SMILES string of the molecule is CN1CCC[C@@H](CCC(=O)NCCn2cc(Cl)cn2)C1. The second-order valence-corrected chi connectivity index (χ2v) is 6.02. The molecule has 1 N–H and O–H groups in total. The van der Waals surface area contributed by atoms with Crippen LogP contribution in [0.3, 0.4) is 0 Å². The lowest BCUT2D eigenvalue weighted by Gasteiger charge is -2.29. The molecule has 6 heteroatoms. The van der Waals surface area contributed by atoms with E-state index >= 15 is 0 Å². The van der Waals surface area contributed by atoms with Gasteiger partial charge >= 0.3 is 0 Å². The number of aromatic nitrogens is 2. The van der Waals surface area contributed by atoms with Gasteiger partial charge in [-0.3, -0.25) is 9.48 Å². The van der Waals surface area contributed by atoms with Crippen LogP contribution < -0.4 is 5.32 Å². The van der Waals surface area contributed by atoms with Gasteiger partial charge in [0.1, 0.15) is 0 Å². The highest BCUT2D eigenvalue weighted by atomic mass is 35.5. The van der Waals surface area contributed by atoms with Crippen LogP contribution in [0.1, 0.15) is 25.7 Å². The molecule has 2 heterocycles. The second kappa shape index (κ2) is 7.64. The number of carbonyl (C=O) groups is 1. The smallest absolute Gasteiger partial charge is 0.220 e. The average molecular weight is 299 g/mol. The number of likely N-dealkylation sites (tertiary alicyclic amines) is 1. The van der Waals surface area contributed by atoms with Crippen LogP contribution in [-0.4, -0.2) is 47.3 Å². The highest BCUT2D eigenvalue weighted by Gasteiger charge is 2.17. The molecule has 0 aliphatic carbocycles. The molecule has 0 bridgehead atoms. The highest BCUT2D eigenvalue weighted by Crippen LogP contribution is 2.19. The van der Waals surface area contributed by atoms with E-state index in [4.69, 9.17) is 11.6 Å². The van der Waals surface area contributed by atoms with Gasteiger partial charge in [0.05, 0.1) is 17.8 Å². The molecule has 0 unspecified atom stereocenters. The number of rotatable bonds is 6. The maximum Gasteiger partial charge on any atom is 0.220 e. The predicted molar refractivity (Wildman–Crippen MR) is 79.7 cm³/mol. The van der Waals surface area contributed by atoms with Crippen LogP contribution in [0.2, 0.25) is 5.02 Å². The van der Waals surface area contributed by atoms with Crippen LogP contribution >= 0.6 is 11.6 Å². The lowest BCUT2D eigenvalue weighted by molar-refractivity contribution is -0.121. The first-order chi connectivity index (χ1) is 9.63.